The Balaban J connectivity index is 1.45. The number of carbonyl (C=O) groups is 1. The monoisotopic (exact) mass is 373 g/mol. The van der Waals surface area contributed by atoms with Gasteiger partial charge in [0.15, 0.2) is 5.65 Å². The van der Waals surface area contributed by atoms with Gasteiger partial charge in [-0.15, -0.1) is 0 Å². The Morgan fingerprint density at radius 1 is 1.14 bits per heavy atom. The maximum absolute atomic E-state index is 13.3. The fourth-order valence-electron chi connectivity index (χ4n) is 3.32. The highest BCUT2D eigenvalue weighted by molar-refractivity contribution is 5.96. The lowest BCUT2D eigenvalue weighted by molar-refractivity contribution is 0.0715. The first kappa shape index (κ1) is 16.7. The summed E-state index contributed by atoms with van der Waals surface area (Å²) in [6.07, 6.45) is 9.11. The summed E-state index contributed by atoms with van der Waals surface area (Å²) in [6.45, 7) is 0.742. The lowest BCUT2D eigenvalue weighted by atomic mass is 10.2. The highest BCUT2D eigenvalue weighted by atomic mass is 16.3. The van der Waals surface area contributed by atoms with Crippen LogP contribution in [0.2, 0.25) is 0 Å². The zero-order valence-electron chi connectivity index (χ0n) is 15.2. The van der Waals surface area contributed by atoms with Gasteiger partial charge in [0.2, 0.25) is 0 Å². The molecule has 7 heteroatoms. The van der Waals surface area contributed by atoms with Crippen LogP contribution in [0.4, 0.5) is 0 Å². The molecule has 1 amide bonds. The molecule has 5 rings (SSSR count). The Kier molecular flexibility index (Phi) is 4.12. The van der Waals surface area contributed by atoms with Gasteiger partial charge < -0.3 is 13.9 Å². The van der Waals surface area contributed by atoms with Crippen LogP contribution in [0.1, 0.15) is 40.7 Å². The van der Waals surface area contributed by atoms with Gasteiger partial charge in [-0.1, -0.05) is 6.07 Å². The molecule has 1 saturated carbocycles. The van der Waals surface area contributed by atoms with Crippen LogP contribution in [0.5, 0.6) is 0 Å². The first-order valence-electron chi connectivity index (χ1n) is 9.32. The maximum atomic E-state index is 13.3. The van der Waals surface area contributed by atoms with Gasteiger partial charge in [-0.2, -0.15) is 0 Å². The zero-order valence-corrected chi connectivity index (χ0v) is 15.2. The van der Waals surface area contributed by atoms with Crippen LogP contribution < -0.4 is 0 Å². The first-order valence-corrected chi connectivity index (χ1v) is 9.32. The topological polar surface area (TPSA) is 77.1 Å². The van der Waals surface area contributed by atoms with Gasteiger partial charge in [-0.25, -0.2) is 9.97 Å². The minimum atomic E-state index is -0.127. The van der Waals surface area contributed by atoms with Crippen LogP contribution in [-0.2, 0) is 13.1 Å². The van der Waals surface area contributed by atoms with Crippen molar-refractivity contribution in [2.75, 3.05) is 0 Å². The third-order valence-electron chi connectivity index (χ3n) is 4.89. The largest absolute Gasteiger partial charge is 0.467 e. The SMILES string of the molecule is O=C(c1cnc2c(c1)ncn2C1CC1)N(Cc1ccccn1)Cc1ccco1. The van der Waals surface area contributed by atoms with E-state index in [1.165, 1.54) is 0 Å². The lowest BCUT2D eigenvalue weighted by Crippen LogP contribution is -2.30. The van der Waals surface area contributed by atoms with Crippen molar-refractivity contribution in [3.63, 3.8) is 0 Å². The number of aromatic nitrogens is 4. The van der Waals surface area contributed by atoms with Gasteiger partial charge in [0, 0.05) is 18.4 Å². The number of hydrogen-bond acceptors (Lipinski definition) is 5. The van der Waals surface area contributed by atoms with Crippen molar-refractivity contribution in [2.24, 2.45) is 0 Å². The summed E-state index contributed by atoms with van der Waals surface area (Å²) in [5.41, 5.74) is 2.90. The highest BCUT2D eigenvalue weighted by Gasteiger charge is 2.26. The number of pyridine rings is 2. The molecule has 140 valence electrons. The number of carbonyl (C=O) groups excluding carboxylic acids is 1. The van der Waals surface area contributed by atoms with Crippen molar-refractivity contribution >= 4 is 17.1 Å². The Morgan fingerprint density at radius 3 is 2.82 bits per heavy atom. The zero-order chi connectivity index (χ0) is 18.9. The molecular weight excluding hydrogens is 354 g/mol. The van der Waals surface area contributed by atoms with Gasteiger partial charge in [0.1, 0.15) is 11.3 Å². The second-order valence-electron chi connectivity index (χ2n) is 7.01. The third-order valence-corrected chi connectivity index (χ3v) is 4.89. The molecule has 4 aromatic rings. The van der Waals surface area contributed by atoms with E-state index < -0.39 is 0 Å². The number of nitrogens with zero attached hydrogens (tertiary/aromatic N) is 5. The Hall–Kier alpha value is -3.48. The van der Waals surface area contributed by atoms with Gasteiger partial charge >= 0.3 is 0 Å². The molecule has 7 nitrogen and oxygen atoms in total. The molecule has 0 bridgehead atoms. The lowest BCUT2D eigenvalue weighted by Gasteiger charge is -2.21. The maximum Gasteiger partial charge on any atom is 0.256 e. The smallest absolute Gasteiger partial charge is 0.256 e. The van der Waals surface area contributed by atoms with E-state index in [0.29, 0.717) is 24.7 Å². The predicted molar refractivity (Wildman–Crippen MR) is 102 cm³/mol. The molecule has 0 aliphatic heterocycles. The molecule has 4 aromatic heterocycles. The number of imidazole rings is 1. The van der Waals surface area contributed by atoms with Crippen molar-refractivity contribution in [3.8, 4) is 0 Å². The van der Waals surface area contributed by atoms with Crippen molar-refractivity contribution in [2.45, 2.75) is 32.0 Å². The van der Waals surface area contributed by atoms with E-state index in [0.717, 1.165) is 35.5 Å². The standard InChI is InChI=1S/C21H19N5O2/c27-21(15-10-19-20(23-11-15)26(14-24-19)17-6-7-17)25(13-18-5-3-9-28-18)12-16-4-1-2-8-22-16/h1-5,8-11,14,17H,6-7,12-13H2. The van der Waals surface area contributed by atoms with Crippen LogP contribution in [0.25, 0.3) is 11.2 Å². The van der Waals surface area contributed by atoms with Crippen LogP contribution in [0, 0.1) is 0 Å². The summed E-state index contributed by atoms with van der Waals surface area (Å²) in [5.74, 6) is 0.591. The van der Waals surface area contributed by atoms with Crippen molar-refractivity contribution in [1.29, 1.82) is 0 Å². The van der Waals surface area contributed by atoms with Crippen molar-refractivity contribution in [1.82, 2.24) is 24.4 Å². The average molecular weight is 373 g/mol. The van der Waals surface area contributed by atoms with Crippen molar-refractivity contribution < 1.29 is 9.21 Å². The fraction of sp³-hybridized carbons (Fsp3) is 0.238. The molecule has 0 radical (unpaired) electrons. The van der Waals surface area contributed by atoms with E-state index >= 15 is 0 Å². The summed E-state index contributed by atoms with van der Waals surface area (Å²) in [4.78, 5) is 28.3. The molecule has 0 atom stereocenters. The van der Waals surface area contributed by atoms with Crippen LogP contribution in [-0.4, -0.2) is 30.3 Å². The molecule has 0 aromatic carbocycles. The Bertz CT molecular complexity index is 1100. The van der Waals surface area contributed by atoms with Crippen molar-refractivity contribution in [3.05, 3.63) is 78.4 Å². The molecule has 28 heavy (non-hydrogen) atoms. The van der Waals surface area contributed by atoms with Gasteiger partial charge in [-0.05, 0) is 43.2 Å². The second-order valence-corrected chi connectivity index (χ2v) is 7.01. The summed E-state index contributed by atoms with van der Waals surface area (Å²) >= 11 is 0. The van der Waals surface area contributed by atoms with E-state index in [1.54, 1.807) is 23.6 Å². The minimum Gasteiger partial charge on any atom is -0.467 e. The van der Waals surface area contributed by atoms with Crippen LogP contribution in [0.15, 0.2) is 65.8 Å². The van der Waals surface area contributed by atoms with E-state index in [1.807, 2.05) is 42.7 Å². The summed E-state index contributed by atoms with van der Waals surface area (Å²) < 4.78 is 7.54. The number of rotatable bonds is 6. The molecule has 1 fully saturated rings. The molecule has 1 aliphatic rings. The van der Waals surface area contributed by atoms with Crippen LogP contribution in [0.3, 0.4) is 0 Å². The molecule has 0 saturated heterocycles. The molecule has 4 heterocycles. The first-order chi connectivity index (χ1) is 13.8. The minimum absolute atomic E-state index is 0.127. The Morgan fingerprint density at radius 2 is 2.07 bits per heavy atom. The summed E-state index contributed by atoms with van der Waals surface area (Å²) in [6, 6.07) is 11.7. The van der Waals surface area contributed by atoms with E-state index in [2.05, 4.69) is 19.5 Å². The number of furan rings is 1. The molecule has 0 spiro atoms. The second kappa shape index (κ2) is 6.92. The molecule has 0 N–H and O–H groups in total. The van der Waals surface area contributed by atoms with Gasteiger partial charge in [0.05, 0.1) is 36.9 Å². The van der Waals surface area contributed by atoms with Gasteiger partial charge in [0.25, 0.3) is 5.91 Å². The van der Waals surface area contributed by atoms with E-state index in [9.17, 15) is 4.79 Å². The van der Waals surface area contributed by atoms with Crippen LogP contribution >= 0.6 is 0 Å². The number of amides is 1. The summed E-state index contributed by atoms with van der Waals surface area (Å²) in [5, 5.41) is 0. The highest BCUT2D eigenvalue weighted by Crippen LogP contribution is 2.36. The third kappa shape index (κ3) is 3.26. The number of fused-ring (bicyclic) bond motifs is 1. The Labute approximate surface area is 161 Å². The normalized spacial score (nSPS) is 13.7. The predicted octanol–water partition coefficient (Wildman–Crippen LogP) is 3.60. The molecule has 0 unspecified atom stereocenters. The molecule has 1 aliphatic carbocycles. The quantitative estimate of drug-likeness (QED) is 0.516. The number of hydrogen-bond donors (Lipinski definition) is 0. The fourth-order valence-corrected chi connectivity index (χ4v) is 3.32. The van der Waals surface area contributed by atoms with E-state index in [4.69, 9.17) is 4.42 Å². The average Bonchev–Trinajstić information content (AvgIpc) is 3.27. The van der Waals surface area contributed by atoms with Gasteiger partial charge in [-0.3, -0.25) is 9.78 Å². The van der Waals surface area contributed by atoms with E-state index in [-0.39, 0.29) is 5.91 Å². The summed E-state index contributed by atoms with van der Waals surface area (Å²) in [7, 11) is 0. The molecular formula is C21H19N5O2.